The van der Waals surface area contributed by atoms with Crippen molar-refractivity contribution >= 4 is 15.9 Å². The van der Waals surface area contributed by atoms with Crippen LogP contribution in [0.5, 0.6) is 11.5 Å². The van der Waals surface area contributed by atoms with Gasteiger partial charge in [-0.15, -0.1) is 0 Å². The topological polar surface area (TPSA) is 47.9 Å². The zero-order valence-corrected chi connectivity index (χ0v) is 13.8. The van der Waals surface area contributed by atoms with Gasteiger partial charge in [0.2, 0.25) is 0 Å². The summed E-state index contributed by atoms with van der Waals surface area (Å²) < 4.78 is 18.4. The Kier molecular flexibility index (Phi) is 4.43. The largest absolute Gasteiger partial charge is 0.493 e. The molecule has 2 aliphatic rings. The Bertz CT molecular complexity index is 513. The van der Waals surface area contributed by atoms with Crippen molar-refractivity contribution in [2.75, 3.05) is 13.7 Å². The number of hydrogen-bond donors (Lipinski definition) is 1. The summed E-state index contributed by atoms with van der Waals surface area (Å²) in [5.74, 6) is 1.37. The number of rotatable bonds is 4. The molecular formula is C16H21BrO4. The summed E-state index contributed by atoms with van der Waals surface area (Å²) in [4.78, 5) is 0. The van der Waals surface area contributed by atoms with Crippen LogP contribution in [0.4, 0.5) is 0 Å². The molecule has 1 unspecified atom stereocenters. The van der Waals surface area contributed by atoms with Crippen LogP contribution in [0.3, 0.4) is 0 Å². The molecule has 1 spiro atoms. The molecule has 1 saturated heterocycles. The lowest BCUT2D eigenvalue weighted by atomic mass is 9.74. The molecule has 2 fully saturated rings. The van der Waals surface area contributed by atoms with Gasteiger partial charge in [-0.25, -0.2) is 0 Å². The molecule has 0 bridgehead atoms. The number of benzene rings is 1. The number of aliphatic hydroxyl groups excluding tert-OH is 1. The summed E-state index contributed by atoms with van der Waals surface area (Å²) in [6.45, 7) is 0.745. The molecule has 1 atom stereocenters. The van der Waals surface area contributed by atoms with Gasteiger partial charge in [-0.3, -0.25) is 0 Å². The van der Waals surface area contributed by atoms with Crippen LogP contribution >= 0.6 is 15.9 Å². The molecule has 1 heterocycles. The van der Waals surface area contributed by atoms with Gasteiger partial charge in [0.25, 0.3) is 0 Å². The maximum absolute atomic E-state index is 9.27. The minimum Gasteiger partial charge on any atom is -0.493 e. The van der Waals surface area contributed by atoms with E-state index >= 15 is 0 Å². The van der Waals surface area contributed by atoms with Gasteiger partial charge < -0.3 is 19.3 Å². The lowest BCUT2D eigenvalue weighted by molar-refractivity contribution is -0.153. The molecule has 3 rings (SSSR count). The van der Waals surface area contributed by atoms with Crippen LogP contribution in [0.25, 0.3) is 0 Å². The van der Waals surface area contributed by atoms with Gasteiger partial charge in [-0.2, -0.15) is 0 Å². The van der Waals surface area contributed by atoms with E-state index in [2.05, 4.69) is 15.9 Å². The molecule has 0 radical (unpaired) electrons. The highest BCUT2D eigenvalue weighted by molar-refractivity contribution is 9.10. The molecule has 0 amide bonds. The highest BCUT2D eigenvalue weighted by atomic mass is 79.9. The molecule has 1 aromatic carbocycles. The fraction of sp³-hybridized carbons (Fsp3) is 0.625. The van der Waals surface area contributed by atoms with Crippen LogP contribution in [-0.4, -0.2) is 30.5 Å². The van der Waals surface area contributed by atoms with E-state index < -0.39 is 0 Å². The Hall–Kier alpha value is -0.780. The fourth-order valence-corrected chi connectivity index (χ4v) is 3.73. The van der Waals surface area contributed by atoms with Gasteiger partial charge in [0.15, 0.2) is 11.5 Å². The van der Waals surface area contributed by atoms with Gasteiger partial charge >= 0.3 is 0 Å². The maximum atomic E-state index is 9.27. The van der Waals surface area contributed by atoms with E-state index in [0.29, 0.717) is 5.75 Å². The van der Waals surface area contributed by atoms with E-state index in [1.165, 1.54) is 6.42 Å². The summed E-state index contributed by atoms with van der Waals surface area (Å²) in [7, 11) is 1.62. The van der Waals surface area contributed by atoms with Crippen molar-refractivity contribution in [3.05, 3.63) is 22.2 Å². The molecule has 116 valence electrons. The van der Waals surface area contributed by atoms with Crippen molar-refractivity contribution < 1.29 is 19.3 Å². The first-order chi connectivity index (χ1) is 10.2. The summed E-state index contributed by atoms with van der Waals surface area (Å²) in [5.41, 5.74) is 0.863. The van der Waals surface area contributed by atoms with E-state index in [4.69, 9.17) is 14.2 Å². The summed E-state index contributed by atoms with van der Waals surface area (Å²) >= 11 is 3.52. The molecule has 4 nitrogen and oxygen atoms in total. The Morgan fingerprint density at radius 2 is 2.24 bits per heavy atom. The molecule has 5 heteroatoms. The van der Waals surface area contributed by atoms with Crippen LogP contribution in [-0.2, 0) is 11.3 Å². The second-order valence-corrected chi connectivity index (χ2v) is 6.74. The second kappa shape index (κ2) is 6.15. The van der Waals surface area contributed by atoms with Crippen molar-refractivity contribution in [2.45, 2.75) is 50.4 Å². The third-order valence-electron chi connectivity index (χ3n) is 4.47. The first kappa shape index (κ1) is 15.1. The highest BCUT2D eigenvalue weighted by Crippen LogP contribution is 2.45. The quantitative estimate of drug-likeness (QED) is 0.897. The highest BCUT2D eigenvalue weighted by Gasteiger charge is 2.43. The number of methoxy groups -OCH3 is 1. The normalized spacial score (nSPS) is 23.7. The molecule has 1 saturated carbocycles. The van der Waals surface area contributed by atoms with Gasteiger partial charge in [-0.05, 0) is 52.9 Å². The third kappa shape index (κ3) is 3.05. The van der Waals surface area contributed by atoms with Crippen LogP contribution in [0.1, 0.15) is 37.7 Å². The number of aliphatic hydroxyl groups is 1. The van der Waals surface area contributed by atoms with E-state index in [9.17, 15) is 5.11 Å². The van der Waals surface area contributed by atoms with E-state index in [0.717, 1.165) is 48.1 Å². The van der Waals surface area contributed by atoms with Crippen molar-refractivity contribution in [1.29, 1.82) is 0 Å². The van der Waals surface area contributed by atoms with E-state index in [1.807, 2.05) is 12.1 Å². The average Bonchev–Trinajstić information content (AvgIpc) is 2.47. The van der Waals surface area contributed by atoms with Crippen molar-refractivity contribution in [1.82, 2.24) is 0 Å². The average molecular weight is 357 g/mol. The molecule has 1 N–H and O–H groups in total. The third-order valence-corrected chi connectivity index (χ3v) is 5.06. The number of hydrogen-bond acceptors (Lipinski definition) is 4. The molecule has 1 aliphatic carbocycles. The zero-order valence-electron chi connectivity index (χ0n) is 12.2. The minimum absolute atomic E-state index is 0.0182. The van der Waals surface area contributed by atoms with Crippen molar-refractivity contribution in [3.8, 4) is 11.5 Å². The summed E-state index contributed by atoms with van der Waals surface area (Å²) in [5, 5.41) is 9.27. The maximum Gasteiger partial charge on any atom is 0.175 e. The number of halogens is 1. The first-order valence-corrected chi connectivity index (χ1v) is 8.23. The lowest BCUT2D eigenvalue weighted by Gasteiger charge is -2.47. The molecule has 0 aromatic heterocycles. The Balaban J connectivity index is 1.77. The fourth-order valence-electron chi connectivity index (χ4n) is 3.15. The Morgan fingerprint density at radius 3 is 2.86 bits per heavy atom. The van der Waals surface area contributed by atoms with Crippen molar-refractivity contribution in [2.24, 2.45) is 0 Å². The monoisotopic (exact) mass is 356 g/mol. The molecular weight excluding hydrogens is 336 g/mol. The predicted molar refractivity (Wildman–Crippen MR) is 82.8 cm³/mol. The molecule has 21 heavy (non-hydrogen) atoms. The molecule has 1 aliphatic heterocycles. The Morgan fingerprint density at radius 1 is 1.43 bits per heavy atom. The molecule has 1 aromatic rings. The van der Waals surface area contributed by atoms with Gasteiger partial charge in [0.1, 0.15) is 6.10 Å². The first-order valence-electron chi connectivity index (χ1n) is 7.44. The van der Waals surface area contributed by atoms with E-state index in [1.54, 1.807) is 7.11 Å². The summed E-state index contributed by atoms with van der Waals surface area (Å²) in [6, 6.07) is 3.69. The number of ether oxygens (including phenoxy) is 3. The van der Waals surface area contributed by atoms with Crippen LogP contribution in [0.2, 0.25) is 0 Å². The van der Waals surface area contributed by atoms with Gasteiger partial charge in [-0.1, -0.05) is 0 Å². The predicted octanol–water partition coefficient (Wildman–Crippen LogP) is 3.43. The van der Waals surface area contributed by atoms with Crippen LogP contribution in [0.15, 0.2) is 16.6 Å². The van der Waals surface area contributed by atoms with Gasteiger partial charge in [0, 0.05) is 12.8 Å². The van der Waals surface area contributed by atoms with Crippen LogP contribution in [0, 0.1) is 0 Å². The zero-order chi connectivity index (χ0) is 14.9. The lowest BCUT2D eigenvalue weighted by Crippen LogP contribution is -2.48. The Labute approximate surface area is 133 Å². The van der Waals surface area contributed by atoms with E-state index in [-0.39, 0.29) is 18.3 Å². The van der Waals surface area contributed by atoms with Crippen LogP contribution < -0.4 is 9.47 Å². The second-order valence-electron chi connectivity index (χ2n) is 5.88. The SMILES string of the molecule is COc1cc(CO)cc(Br)c1OC1CCOC2(CCC2)C1. The summed E-state index contributed by atoms with van der Waals surface area (Å²) in [6.07, 6.45) is 5.56. The van der Waals surface area contributed by atoms with Crippen molar-refractivity contribution in [3.63, 3.8) is 0 Å². The van der Waals surface area contributed by atoms with Gasteiger partial charge in [0.05, 0.1) is 30.4 Å². The smallest absolute Gasteiger partial charge is 0.175 e. The standard InChI is InChI=1S/C16H21BrO4/c1-19-14-8-11(10-18)7-13(17)15(14)21-12-3-6-20-16(9-12)4-2-5-16/h7-8,12,18H,2-6,9-10H2,1H3. The minimum atomic E-state index is -0.0182.